The van der Waals surface area contributed by atoms with Gasteiger partial charge in [-0.25, -0.2) is 4.39 Å². The van der Waals surface area contributed by atoms with E-state index in [2.05, 4.69) is 17.1 Å². The second kappa shape index (κ2) is 12.6. The summed E-state index contributed by atoms with van der Waals surface area (Å²) in [5.74, 6) is 1.32. The molecule has 1 aliphatic rings. The fourth-order valence-corrected chi connectivity index (χ4v) is 3.35. The molecule has 1 aliphatic heterocycles. The molecular formula is C21H35FN4O2. The summed E-state index contributed by atoms with van der Waals surface area (Å²) in [5.41, 5.74) is 0.634. The van der Waals surface area contributed by atoms with Crippen LogP contribution in [0.15, 0.2) is 29.3 Å². The number of nitrogens with zero attached hydrogens (tertiary/aromatic N) is 3. The normalized spacial score (nSPS) is 17.2. The minimum atomic E-state index is -0.183. The van der Waals surface area contributed by atoms with Crippen LogP contribution in [0.4, 0.5) is 10.1 Å². The van der Waals surface area contributed by atoms with Gasteiger partial charge in [-0.15, -0.1) is 0 Å². The second-order valence-corrected chi connectivity index (χ2v) is 7.13. The first-order chi connectivity index (χ1) is 13.7. The molecule has 1 heterocycles. The predicted octanol–water partition coefficient (Wildman–Crippen LogP) is 2.60. The van der Waals surface area contributed by atoms with Crippen LogP contribution in [-0.4, -0.2) is 77.6 Å². The third kappa shape index (κ3) is 7.28. The molecule has 158 valence electrons. The van der Waals surface area contributed by atoms with Crippen molar-refractivity contribution in [3.63, 3.8) is 0 Å². The van der Waals surface area contributed by atoms with Gasteiger partial charge in [0.25, 0.3) is 0 Å². The smallest absolute Gasteiger partial charge is 0.193 e. The monoisotopic (exact) mass is 394 g/mol. The van der Waals surface area contributed by atoms with Crippen molar-refractivity contribution in [1.29, 1.82) is 0 Å². The van der Waals surface area contributed by atoms with E-state index in [0.717, 1.165) is 51.6 Å². The van der Waals surface area contributed by atoms with Gasteiger partial charge in [0.1, 0.15) is 5.82 Å². The van der Waals surface area contributed by atoms with Crippen LogP contribution in [0, 0.1) is 11.7 Å². The molecule has 1 fully saturated rings. The highest BCUT2D eigenvalue weighted by atomic mass is 19.1. The summed E-state index contributed by atoms with van der Waals surface area (Å²) in [6.07, 6.45) is 1.99. The van der Waals surface area contributed by atoms with Gasteiger partial charge in [0.05, 0.1) is 25.5 Å². The first-order valence-corrected chi connectivity index (χ1v) is 10.2. The van der Waals surface area contributed by atoms with Gasteiger partial charge < -0.3 is 24.6 Å². The molecule has 2 rings (SSSR count). The van der Waals surface area contributed by atoms with Crippen molar-refractivity contribution >= 4 is 11.6 Å². The van der Waals surface area contributed by atoms with Gasteiger partial charge in [-0.05, 0) is 31.9 Å². The van der Waals surface area contributed by atoms with Gasteiger partial charge in [0, 0.05) is 52.8 Å². The van der Waals surface area contributed by atoms with E-state index >= 15 is 0 Å². The van der Waals surface area contributed by atoms with Gasteiger partial charge >= 0.3 is 0 Å². The average molecular weight is 395 g/mol. The molecule has 1 aromatic carbocycles. The molecule has 1 aromatic rings. The Bertz CT molecular complexity index is 600. The molecule has 0 aromatic heterocycles. The van der Waals surface area contributed by atoms with E-state index < -0.39 is 0 Å². The zero-order valence-corrected chi connectivity index (χ0v) is 17.5. The number of anilines is 1. The largest absolute Gasteiger partial charge is 0.382 e. The van der Waals surface area contributed by atoms with Crippen LogP contribution < -0.4 is 10.2 Å². The Morgan fingerprint density at radius 2 is 2.18 bits per heavy atom. The summed E-state index contributed by atoms with van der Waals surface area (Å²) in [4.78, 5) is 9.04. The number of benzene rings is 1. The third-order valence-electron chi connectivity index (χ3n) is 4.88. The number of likely N-dealkylation sites (tertiary alicyclic amines) is 1. The Hall–Kier alpha value is -1.86. The lowest BCUT2D eigenvalue weighted by molar-refractivity contribution is 0.0536. The van der Waals surface area contributed by atoms with Gasteiger partial charge in [-0.1, -0.05) is 12.1 Å². The highest BCUT2D eigenvalue weighted by Crippen LogP contribution is 2.18. The van der Waals surface area contributed by atoms with Crippen molar-refractivity contribution < 1.29 is 13.9 Å². The molecule has 0 amide bonds. The van der Waals surface area contributed by atoms with Gasteiger partial charge in [0.15, 0.2) is 5.96 Å². The maximum absolute atomic E-state index is 13.8. The number of nitrogens with one attached hydrogen (secondary N) is 1. The highest BCUT2D eigenvalue weighted by molar-refractivity contribution is 5.80. The topological polar surface area (TPSA) is 49.3 Å². The molecule has 1 saturated heterocycles. The molecule has 0 saturated carbocycles. The average Bonchev–Trinajstić information content (AvgIpc) is 3.16. The van der Waals surface area contributed by atoms with Crippen LogP contribution in [0.1, 0.15) is 19.8 Å². The number of guanidine groups is 1. The first kappa shape index (κ1) is 22.4. The van der Waals surface area contributed by atoms with Gasteiger partial charge in [-0.3, -0.25) is 4.99 Å². The van der Waals surface area contributed by atoms with Crippen LogP contribution in [0.3, 0.4) is 0 Å². The van der Waals surface area contributed by atoms with Crippen LogP contribution in [0.2, 0.25) is 0 Å². The Labute approximate surface area is 168 Å². The van der Waals surface area contributed by atoms with E-state index in [4.69, 9.17) is 14.5 Å². The van der Waals surface area contributed by atoms with E-state index in [-0.39, 0.29) is 5.82 Å². The maximum atomic E-state index is 13.8. The zero-order chi connectivity index (χ0) is 20.2. The summed E-state index contributed by atoms with van der Waals surface area (Å²) >= 11 is 0. The lowest BCUT2D eigenvalue weighted by Crippen LogP contribution is -2.40. The van der Waals surface area contributed by atoms with Crippen LogP contribution in [0.25, 0.3) is 0 Å². The molecule has 0 spiro atoms. The van der Waals surface area contributed by atoms with Crippen LogP contribution >= 0.6 is 0 Å². The van der Waals surface area contributed by atoms with Crippen molar-refractivity contribution in [1.82, 2.24) is 10.2 Å². The minimum Gasteiger partial charge on any atom is -0.382 e. The maximum Gasteiger partial charge on any atom is 0.193 e. The molecule has 6 nitrogen and oxygen atoms in total. The van der Waals surface area contributed by atoms with E-state index in [9.17, 15) is 4.39 Å². The number of para-hydroxylation sites is 1. The van der Waals surface area contributed by atoms with Crippen LogP contribution in [-0.2, 0) is 9.47 Å². The van der Waals surface area contributed by atoms with Crippen LogP contribution in [0.5, 0.6) is 0 Å². The number of rotatable bonds is 11. The summed E-state index contributed by atoms with van der Waals surface area (Å²) in [7, 11) is 3.61. The summed E-state index contributed by atoms with van der Waals surface area (Å²) in [5, 5.41) is 3.39. The molecule has 0 aliphatic carbocycles. The van der Waals surface area contributed by atoms with Crippen molar-refractivity contribution in [2.75, 3.05) is 71.6 Å². The lowest BCUT2D eigenvalue weighted by atomic mass is 10.1. The Morgan fingerprint density at radius 1 is 1.36 bits per heavy atom. The Morgan fingerprint density at radius 3 is 2.93 bits per heavy atom. The number of ether oxygens (including phenoxy) is 2. The fourth-order valence-electron chi connectivity index (χ4n) is 3.35. The molecule has 1 atom stereocenters. The summed E-state index contributed by atoms with van der Waals surface area (Å²) in [6.45, 7) is 8.44. The Kier molecular flexibility index (Phi) is 10.1. The zero-order valence-electron chi connectivity index (χ0n) is 17.5. The highest BCUT2D eigenvalue weighted by Gasteiger charge is 2.24. The summed E-state index contributed by atoms with van der Waals surface area (Å²) in [6, 6.07) is 6.88. The number of aliphatic imine (C=N–C) groups is 1. The first-order valence-electron chi connectivity index (χ1n) is 10.2. The van der Waals surface area contributed by atoms with E-state index in [1.54, 1.807) is 13.2 Å². The van der Waals surface area contributed by atoms with E-state index in [1.807, 2.05) is 24.1 Å². The molecule has 1 unspecified atom stereocenters. The molecule has 7 heteroatoms. The number of halogens is 1. The van der Waals surface area contributed by atoms with Gasteiger partial charge in [0.2, 0.25) is 0 Å². The van der Waals surface area contributed by atoms with E-state index in [1.165, 1.54) is 6.07 Å². The van der Waals surface area contributed by atoms with Crippen molar-refractivity contribution in [2.45, 2.75) is 19.8 Å². The fraction of sp³-hybridized carbons (Fsp3) is 0.667. The molecule has 1 N–H and O–H groups in total. The third-order valence-corrected chi connectivity index (χ3v) is 4.88. The Balaban J connectivity index is 1.76. The number of hydrogen-bond donors (Lipinski definition) is 1. The second-order valence-electron chi connectivity index (χ2n) is 7.13. The number of hydrogen-bond acceptors (Lipinski definition) is 4. The summed E-state index contributed by atoms with van der Waals surface area (Å²) < 4.78 is 24.5. The van der Waals surface area contributed by atoms with Crippen molar-refractivity contribution in [3.05, 3.63) is 30.1 Å². The molecule has 28 heavy (non-hydrogen) atoms. The van der Waals surface area contributed by atoms with Crippen molar-refractivity contribution in [3.8, 4) is 0 Å². The SMILES string of the molecule is CCNC(=NCCCN(C)c1ccccc1F)N1CCC(COCCOC)C1. The van der Waals surface area contributed by atoms with Gasteiger partial charge in [-0.2, -0.15) is 0 Å². The quantitative estimate of drug-likeness (QED) is 0.355. The minimum absolute atomic E-state index is 0.183. The molecular weight excluding hydrogens is 359 g/mol. The standard InChI is InChI=1S/C21H35FN4O2/c1-4-23-21(26-13-10-18(16-26)17-28-15-14-27-3)24-11-7-12-25(2)20-9-6-5-8-19(20)22/h5-6,8-9,18H,4,7,10-17H2,1-3H3,(H,23,24). The lowest BCUT2D eigenvalue weighted by Gasteiger charge is -2.22. The van der Waals surface area contributed by atoms with Crippen molar-refractivity contribution in [2.24, 2.45) is 10.9 Å². The molecule has 0 bridgehead atoms. The number of methoxy groups -OCH3 is 1. The molecule has 0 radical (unpaired) electrons. The predicted molar refractivity (Wildman–Crippen MR) is 113 cm³/mol. The van der Waals surface area contributed by atoms with E-state index in [0.29, 0.717) is 31.4 Å².